The Kier molecular flexibility index (Phi) is 3.28. The van der Waals surface area contributed by atoms with E-state index in [-0.39, 0.29) is 0 Å². The summed E-state index contributed by atoms with van der Waals surface area (Å²) in [5.74, 6) is 0. The van der Waals surface area contributed by atoms with Crippen molar-refractivity contribution in [3.05, 3.63) is 59.9 Å². The van der Waals surface area contributed by atoms with Crippen molar-refractivity contribution in [3.63, 3.8) is 0 Å². The summed E-state index contributed by atoms with van der Waals surface area (Å²) in [5.41, 5.74) is 6.21. The first-order valence-electron chi connectivity index (χ1n) is 5.10. The Hall–Kier alpha value is -2.16. The number of aromatic nitrogens is 1. The van der Waals surface area contributed by atoms with Crippen molar-refractivity contribution < 1.29 is 0 Å². The van der Waals surface area contributed by atoms with Crippen LogP contribution >= 0.6 is 0 Å². The number of benzene rings is 1. The minimum atomic E-state index is 0.982. The standard InChI is InChI=1S/C13H13N3/c1-11-2-4-13(5-3-11)16-15-10-12-6-8-14-9-7-12/h2-10,16H,1H3/b15-10+. The summed E-state index contributed by atoms with van der Waals surface area (Å²) in [4.78, 5) is 3.94. The normalized spacial score (nSPS) is 10.6. The Labute approximate surface area is 94.9 Å². The van der Waals surface area contributed by atoms with Crippen LogP contribution in [0.25, 0.3) is 0 Å². The van der Waals surface area contributed by atoms with E-state index in [9.17, 15) is 0 Å². The first-order chi connectivity index (χ1) is 7.84. The van der Waals surface area contributed by atoms with E-state index in [1.54, 1.807) is 18.6 Å². The molecule has 0 spiro atoms. The first kappa shape index (κ1) is 10.4. The second-order valence-corrected chi connectivity index (χ2v) is 3.52. The lowest BCUT2D eigenvalue weighted by molar-refractivity contribution is 1.31. The van der Waals surface area contributed by atoms with Crippen LogP contribution in [0.4, 0.5) is 5.69 Å². The third-order valence-corrected chi connectivity index (χ3v) is 2.16. The number of aryl methyl sites for hydroxylation is 1. The van der Waals surface area contributed by atoms with Gasteiger partial charge in [0.1, 0.15) is 0 Å². The fraction of sp³-hybridized carbons (Fsp3) is 0.0769. The van der Waals surface area contributed by atoms with Gasteiger partial charge in [-0.15, -0.1) is 0 Å². The summed E-state index contributed by atoms with van der Waals surface area (Å²) in [5, 5.41) is 4.14. The molecule has 0 aliphatic carbocycles. The smallest absolute Gasteiger partial charge is 0.0561 e. The number of rotatable bonds is 3. The third kappa shape index (κ3) is 2.92. The Bertz CT molecular complexity index is 460. The Balaban J connectivity index is 1.97. The summed E-state index contributed by atoms with van der Waals surface area (Å²) in [6, 6.07) is 11.9. The molecule has 0 aliphatic heterocycles. The lowest BCUT2D eigenvalue weighted by atomic mass is 10.2. The van der Waals surface area contributed by atoms with Gasteiger partial charge in [-0.25, -0.2) is 0 Å². The topological polar surface area (TPSA) is 37.3 Å². The molecule has 1 aromatic carbocycles. The number of hydrogen-bond donors (Lipinski definition) is 1. The van der Waals surface area contributed by atoms with Gasteiger partial charge in [-0.2, -0.15) is 5.10 Å². The molecular formula is C13H13N3. The summed E-state index contributed by atoms with van der Waals surface area (Å²) in [6.45, 7) is 2.06. The van der Waals surface area contributed by atoms with Gasteiger partial charge in [0.05, 0.1) is 11.9 Å². The largest absolute Gasteiger partial charge is 0.279 e. The predicted molar refractivity (Wildman–Crippen MR) is 66.6 cm³/mol. The van der Waals surface area contributed by atoms with Crippen molar-refractivity contribution in [1.82, 2.24) is 4.98 Å². The maximum Gasteiger partial charge on any atom is 0.0561 e. The van der Waals surface area contributed by atoms with E-state index < -0.39 is 0 Å². The second-order valence-electron chi connectivity index (χ2n) is 3.52. The highest BCUT2D eigenvalue weighted by atomic mass is 15.3. The van der Waals surface area contributed by atoms with Crippen LogP contribution in [0.1, 0.15) is 11.1 Å². The molecule has 0 bridgehead atoms. The zero-order valence-corrected chi connectivity index (χ0v) is 9.09. The van der Waals surface area contributed by atoms with Crippen LogP contribution in [0, 0.1) is 6.92 Å². The highest BCUT2D eigenvalue weighted by molar-refractivity contribution is 5.79. The zero-order chi connectivity index (χ0) is 11.2. The van der Waals surface area contributed by atoms with E-state index in [2.05, 4.69) is 22.4 Å². The quantitative estimate of drug-likeness (QED) is 0.626. The molecule has 1 heterocycles. The summed E-state index contributed by atoms with van der Waals surface area (Å²) < 4.78 is 0. The van der Waals surface area contributed by atoms with Crippen molar-refractivity contribution >= 4 is 11.9 Å². The minimum absolute atomic E-state index is 0.982. The molecule has 0 aliphatic rings. The lowest BCUT2D eigenvalue weighted by Gasteiger charge is -1.99. The summed E-state index contributed by atoms with van der Waals surface area (Å²) in [7, 11) is 0. The molecule has 2 aromatic rings. The van der Waals surface area contributed by atoms with E-state index in [1.165, 1.54) is 5.56 Å². The molecule has 0 atom stereocenters. The molecule has 0 saturated carbocycles. The number of anilines is 1. The average Bonchev–Trinajstić information content (AvgIpc) is 2.33. The van der Waals surface area contributed by atoms with Gasteiger partial charge in [-0.3, -0.25) is 10.4 Å². The van der Waals surface area contributed by atoms with Gasteiger partial charge in [0, 0.05) is 12.4 Å². The predicted octanol–water partition coefficient (Wildman–Crippen LogP) is 2.84. The van der Waals surface area contributed by atoms with Crippen LogP contribution in [-0.4, -0.2) is 11.2 Å². The number of nitrogens with one attached hydrogen (secondary N) is 1. The van der Waals surface area contributed by atoms with Gasteiger partial charge in [0.2, 0.25) is 0 Å². The fourth-order valence-corrected chi connectivity index (χ4v) is 1.26. The highest BCUT2D eigenvalue weighted by Gasteiger charge is 1.88. The van der Waals surface area contributed by atoms with E-state index in [0.717, 1.165) is 11.3 Å². The molecular weight excluding hydrogens is 198 g/mol. The van der Waals surface area contributed by atoms with E-state index in [1.807, 2.05) is 36.4 Å². The van der Waals surface area contributed by atoms with Gasteiger partial charge in [-0.1, -0.05) is 17.7 Å². The SMILES string of the molecule is Cc1ccc(N/N=C/c2ccncc2)cc1. The van der Waals surface area contributed by atoms with Crippen LogP contribution in [0.5, 0.6) is 0 Å². The van der Waals surface area contributed by atoms with E-state index in [0.29, 0.717) is 0 Å². The van der Waals surface area contributed by atoms with Crippen molar-refractivity contribution in [3.8, 4) is 0 Å². The van der Waals surface area contributed by atoms with Crippen molar-refractivity contribution in [2.24, 2.45) is 5.10 Å². The molecule has 0 fully saturated rings. The monoisotopic (exact) mass is 211 g/mol. The molecule has 2 rings (SSSR count). The number of nitrogens with zero attached hydrogens (tertiary/aromatic N) is 2. The van der Waals surface area contributed by atoms with Crippen LogP contribution in [0.3, 0.4) is 0 Å². The lowest BCUT2D eigenvalue weighted by Crippen LogP contribution is -1.90. The number of hydrazone groups is 1. The van der Waals surface area contributed by atoms with Crippen LogP contribution < -0.4 is 5.43 Å². The van der Waals surface area contributed by atoms with Crippen molar-refractivity contribution in [2.45, 2.75) is 6.92 Å². The number of pyridine rings is 1. The molecule has 1 N–H and O–H groups in total. The van der Waals surface area contributed by atoms with Crippen LogP contribution in [0.15, 0.2) is 53.9 Å². The number of hydrogen-bond acceptors (Lipinski definition) is 3. The van der Waals surface area contributed by atoms with Gasteiger partial charge in [-0.05, 0) is 36.8 Å². The van der Waals surface area contributed by atoms with Crippen LogP contribution in [0.2, 0.25) is 0 Å². The van der Waals surface area contributed by atoms with E-state index >= 15 is 0 Å². The maximum atomic E-state index is 4.14. The molecule has 0 saturated heterocycles. The molecule has 16 heavy (non-hydrogen) atoms. The summed E-state index contributed by atoms with van der Waals surface area (Å²) >= 11 is 0. The minimum Gasteiger partial charge on any atom is -0.279 e. The van der Waals surface area contributed by atoms with Gasteiger partial charge < -0.3 is 0 Å². The molecule has 1 aromatic heterocycles. The van der Waals surface area contributed by atoms with E-state index in [4.69, 9.17) is 0 Å². The Morgan fingerprint density at radius 1 is 1.06 bits per heavy atom. The second kappa shape index (κ2) is 5.07. The van der Waals surface area contributed by atoms with Crippen molar-refractivity contribution in [2.75, 3.05) is 5.43 Å². The maximum absolute atomic E-state index is 4.14. The van der Waals surface area contributed by atoms with Crippen molar-refractivity contribution in [1.29, 1.82) is 0 Å². The Morgan fingerprint density at radius 2 is 1.75 bits per heavy atom. The van der Waals surface area contributed by atoms with Gasteiger partial charge >= 0.3 is 0 Å². The van der Waals surface area contributed by atoms with Crippen LogP contribution in [-0.2, 0) is 0 Å². The zero-order valence-electron chi connectivity index (χ0n) is 9.09. The molecule has 0 amide bonds. The summed E-state index contributed by atoms with van der Waals surface area (Å²) in [6.07, 6.45) is 5.25. The molecule has 0 radical (unpaired) electrons. The third-order valence-electron chi connectivity index (χ3n) is 2.16. The highest BCUT2D eigenvalue weighted by Crippen LogP contribution is 2.08. The first-order valence-corrected chi connectivity index (χ1v) is 5.10. The molecule has 3 heteroatoms. The molecule has 3 nitrogen and oxygen atoms in total. The van der Waals surface area contributed by atoms with Gasteiger partial charge in [0.25, 0.3) is 0 Å². The van der Waals surface area contributed by atoms with Gasteiger partial charge in [0.15, 0.2) is 0 Å². The average molecular weight is 211 g/mol. The molecule has 0 unspecified atom stereocenters. The fourth-order valence-electron chi connectivity index (χ4n) is 1.26. The molecule has 80 valence electrons. The Morgan fingerprint density at radius 3 is 2.44 bits per heavy atom.